The van der Waals surface area contributed by atoms with Crippen LogP contribution in [0.4, 0.5) is 0 Å². The van der Waals surface area contributed by atoms with Gasteiger partial charge in [-0.05, 0) is 103 Å². The maximum atomic E-state index is 11.6. The van der Waals surface area contributed by atoms with Gasteiger partial charge in [0.2, 0.25) is 0 Å². The van der Waals surface area contributed by atoms with E-state index in [0.29, 0.717) is 39.5 Å². The second-order valence-corrected chi connectivity index (χ2v) is 32.3. The molecule has 0 amide bonds. The van der Waals surface area contributed by atoms with Crippen molar-refractivity contribution in [3.8, 4) is 78.2 Å². The van der Waals surface area contributed by atoms with E-state index in [-0.39, 0.29) is 18.3 Å². The predicted molar refractivity (Wildman–Crippen MR) is 434 cm³/mol. The molecule has 23 heteroatoms. The molecular formula is C79H68BBr2N3O10S7. The van der Waals surface area contributed by atoms with E-state index < -0.39 is 18.3 Å². The summed E-state index contributed by atoms with van der Waals surface area (Å²) in [6.07, 6.45) is 1.53. The zero-order valence-electron chi connectivity index (χ0n) is 56.1. The van der Waals surface area contributed by atoms with Gasteiger partial charge in [0.1, 0.15) is 23.0 Å². The lowest BCUT2D eigenvalue weighted by Crippen LogP contribution is -2.41. The molecule has 1 aliphatic rings. The van der Waals surface area contributed by atoms with Crippen LogP contribution in [0.1, 0.15) is 47.5 Å². The first-order valence-corrected chi connectivity index (χ1v) is 41.1. The normalized spacial score (nSPS) is 13.3. The van der Waals surface area contributed by atoms with Crippen molar-refractivity contribution in [1.29, 1.82) is 0 Å². The van der Waals surface area contributed by atoms with Gasteiger partial charge in [0.15, 0.2) is 24.0 Å². The zero-order chi connectivity index (χ0) is 70.1. The Morgan fingerprint density at radius 1 is 0.402 bits per heavy atom. The summed E-state index contributed by atoms with van der Waals surface area (Å²) in [4.78, 5) is 1.57. The number of rotatable bonds is 22. The molecule has 13 nitrogen and oxygen atoms in total. The molecule has 1 aliphatic heterocycles. The van der Waals surface area contributed by atoms with Crippen LogP contribution < -0.4 is 28.5 Å². The minimum absolute atomic E-state index is 0.171. The predicted octanol–water partition coefficient (Wildman–Crippen LogP) is 23.4. The van der Waals surface area contributed by atoms with Crippen molar-refractivity contribution in [2.45, 2.75) is 58.7 Å². The minimum Gasteiger partial charge on any atom is -0.504 e. The van der Waals surface area contributed by atoms with Crippen LogP contribution in [0.5, 0.6) is 40.2 Å². The molecule has 0 atom stereocenters. The SMILES string of the molecule is Brc1cscc1OCCCOc1cscc1Br.CCOCOc1c(-n2c3ccccc3c3ccccc32)csc1B1OC(C)(C)C(C)(C)O1.Oc1c(-n2c3ccccc3c3ccccc32)csc1-c1cscc1OCCCOc1cscc1-c1scc(-n2c3ccccc3c3ccccc32)c1O. The van der Waals surface area contributed by atoms with Gasteiger partial charge in [-0.3, -0.25) is 0 Å². The molecule has 16 aromatic rings. The Morgan fingerprint density at radius 3 is 1.08 bits per heavy atom. The molecule has 0 aliphatic carbocycles. The van der Waals surface area contributed by atoms with E-state index in [1.54, 1.807) is 56.7 Å². The van der Waals surface area contributed by atoms with E-state index >= 15 is 0 Å². The Hall–Kier alpha value is -7.88. The maximum Gasteiger partial charge on any atom is 0.509 e. The molecule has 17 rings (SSSR count). The average molecular weight is 1610 g/mol. The van der Waals surface area contributed by atoms with Crippen molar-refractivity contribution in [3.05, 3.63) is 214 Å². The van der Waals surface area contributed by atoms with E-state index in [4.69, 9.17) is 37.7 Å². The highest BCUT2D eigenvalue weighted by atomic mass is 79.9. The molecule has 102 heavy (non-hydrogen) atoms. The molecule has 6 aromatic carbocycles. The van der Waals surface area contributed by atoms with Crippen molar-refractivity contribution < 1.29 is 47.9 Å². The smallest absolute Gasteiger partial charge is 0.504 e. The van der Waals surface area contributed by atoms with Gasteiger partial charge < -0.3 is 61.6 Å². The molecule has 0 saturated carbocycles. The summed E-state index contributed by atoms with van der Waals surface area (Å²) in [5.41, 5.74) is 9.91. The standard InChI is InChI=1S/C43H30N2O4S4.C25H28BNO4S.C11H10Br2O2S2/c46-40-36(44-32-14-5-1-10-26(32)27-11-2-6-15-33(27)44)22-52-42(40)30-20-50-24-38(30)48-18-9-19-49-39-25-51-21-31(39)43-41(47)37(23-53-43)45-34-16-7-3-12-28(34)29-13-4-8-17-35(29)45;1-6-28-16-29-22-21(15-32-23(22)26-30-24(2,3)25(4,5)31-26)27-19-13-9-7-11-17(19)18-12-8-10-14-20(18)27;12-8-4-16-6-10(8)14-2-1-3-15-11-7-17-5-9(11)13/h1-8,10-17,20-25,46-47H,9,18-19H2;7-15H,6,16H2,1-5H3;4-7H,1-3H2. The molecule has 11 heterocycles. The molecule has 0 spiro atoms. The van der Waals surface area contributed by atoms with E-state index in [1.165, 1.54) is 33.4 Å². The van der Waals surface area contributed by atoms with E-state index in [2.05, 4.69) is 200 Å². The van der Waals surface area contributed by atoms with Gasteiger partial charge in [0.05, 0.1) is 111 Å². The second kappa shape index (κ2) is 30.4. The van der Waals surface area contributed by atoms with Gasteiger partial charge in [-0.2, -0.15) is 0 Å². The lowest BCUT2D eigenvalue weighted by atomic mass is 9.87. The van der Waals surface area contributed by atoms with Crippen LogP contribution >= 0.6 is 111 Å². The monoisotopic (exact) mass is 1610 g/mol. The van der Waals surface area contributed by atoms with Crippen molar-refractivity contribution in [1.82, 2.24) is 13.7 Å². The lowest BCUT2D eigenvalue weighted by Gasteiger charge is -2.32. The summed E-state index contributed by atoms with van der Waals surface area (Å²) in [6, 6.07) is 50.1. The Kier molecular flexibility index (Phi) is 20.8. The van der Waals surface area contributed by atoms with Crippen molar-refractivity contribution >= 4 is 189 Å². The quantitative estimate of drug-likeness (QED) is 0.0384. The Balaban J connectivity index is 0.000000144. The molecule has 10 aromatic heterocycles. The van der Waals surface area contributed by atoms with E-state index in [0.717, 1.165) is 141 Å². The highest BCUT2D eigenvalue weighted by molar-refractivity contribution is 9.11. The first-order chi connectivity index (χ1) is 49.8. The molecule has 518 valence electrons. The summed E-state index contributed by atoms with van der Waals surface area (Å²) in [7, 11) is -0.497. The second-order valence-electron chi connectivity index (χ2n) is 24.9. The first kappa shape index (κ1) is 69.8. The zero-order valence-corrected chi connectivity index (χ0v) is 64.9. The van der Waals surface area contributed by atoms with Crippen LogP contribution in [-0.4, -0.2) is 82.1 Å². The number of nitrogens with zero attached hydrogens (tertiary/aromatic N) is 3. The fraction of sp³-hybridized carbons (Fsp3) is 0.190. The number of hydrogen-bond donors (Lipinski definition) is 2. The van der Waals surface area contributed by atoms with Crippen molar-refractivity contribution in [3.63, 3.8) is 0 Å². The van der Waals surface area contributed by atoms with Crippen LogP contribution in [-0.2, 0) is 14.0 Å². The Morgan fingerprint density at radius 2 is 0.725 bits per heavy atom. The Labute approximate surface area is 634 Å². The average Bonchev–Trinajstić information content (AvgIpc) is 1.59. The van der Waals surface area contributed by atoms with Crippen molar-refractivity contribution in [2.75, 3.05) is 39.8 Å². The van der Waals surface area contributed by atoms with E-state index in [1.807, 2.05) is 85.0 Å². The van der Waals surface area contributed by atoms with E-state index in [9.17, 15) is 10.2 Å². The molecule has 0 unspecified atom stereocenters. The lowest BCUT2D eigenvalue weighted by molar-refractivity contribution is 0.00578. The fourth-order valence-electron chi connectivity index (χ4n) is 12.6. The van der Waals surface area contributed by atoms with Crippen LogP contribution in [0.25, 0.3) is 103 Å². The number of hydrogen-bond acceptors (Lipinski definition) is 17. The van der Waals surface area contributed by atoms with Gasteiger partial charge in [-0.25, -0.2) is 0 Å². The van der Waals surface area contributed by atoms with Gasteiger partial charge >= 0.3 is 7.12 Å². The van der Waals surface area contributed by atoms with Gasteiger partial charge in [0.25, 0.3) is 0 Å². The molecule has 2 N–H and O–H groups in total. The molecule has 0 bridgehead atoms. The third-order valence-electron chi connectivity index (χ3n) is 18.2. The Bertz CT molecular complexity index is 5200. The molecule has 1 saturated heterocycles. The van der Waals surface area contributed by atoms with Gasteiger partial charge in [0, 0.05) is 122 Å². The molecule has 1 fully saturated rings. The number of aromatic nitrogens is 3. The number of fused-ring (bicyclic) bond motifs is 9. The topological polar surface area (TPSA) is 129 Å². The third-order valence-corrected chi connectivity index (χ3v) is 25.9. The summed E-state index contributed by atoms with van der Waals surface area (Å²) in [5, 5.41) is 52.5. The number of benzene rings is 6. The number of ether oxygens (including phenoxy) is 6. The summed E-state index contributed by atoms with van der Waals surface area (Å²) >= 11 is 17.8. The van der Waals surface area contributed by atoms with Crippen LogP contribution in [0.15, 0.2) is 214 Å². The third kappa shape index (κ3) is 13.6. The summed E-state index contributed by atoms with van der Waals surface area (Å²) in [6.45, 7) is 13.2. The summed E-state index contributed by atoms with van der Waals surface area (Å²) < 4.78 is 57.7. The van der Waals surface area contributed by atoms with Crippen LogP contribution in [0, 0.1) is 0 Å². The molecular weight excluding hydrogens is 1550 g/mol. The minimum atomic E-state index is -0.497. The van der Waals surface area contributed by atoms with Crippen LogP contribution in [0.3, 0.4) is 0 Å². The fourth-order valence-corrected chi connectivity index (χ4v) is 19.7. The largest absolute Gasteiger partial charge is 0.509 e. The van der Waals surface area contributed by atoms with Crippen LogP contribution in [0.2, 0.25) is 0 Å². The number of halogens is 2. The highest BCUT2D eigenvalue weighted by Crippen LogP contribution is 2.50. The number of aromatic hydroxyl groups is 2. The highest BCUT2D eigenvalue weighted by Gasteiger charge is 2.53. The maximum absolute atomic E-state index is 11.6. The number of para-hydroxylation sites is 6. The van der Waals surface area contributed by atoms with Gasteiger partial charge in [-0.15, -0.1) is 79.4 Å². The summed E-state index contributed by atoms with van der Waals surface area (Å²) in [5.74, 6) is 4.55. The number of thiophene rings is 7. The van der Waals surface area contributed by atoms with Crippen molar-refractivity contribution in [2.24, 2.45) is 0 Å². The first-order valence-electron chi connectivity index (χ1n) is 33.1. The molecule has 0 radical (unpaired) electrons. The van der Waals surface area contributed by atoms with Gasteiger partial charge in [-0.1, -0.05) is 109 Å².